The van der Waals surface area contributed by atoms with E-state index < -0.39 is 16.8 Å². The van der Waals surface area contributed by atoms with Crippen LogP contribution in [0.4, 0.5) is 0 Å². The predicted octanol–water partition coefficient (Wildman–Crippen LogP) is 2.38. The van der Waals surface area contributed by atoms with Crippen LogP contribution in [0.2, 0.25) is 0 Å². The SMILES string of the molecule is Cc1ccc(OCCCCS(=O)CCC(=O)O)cc1. The Morgan fingerprint density at radius 1 is 1.21 bits per heavy atom. The van der Waals surface area contributed by atoms with E-state index in [9.17, 15) is 9.00 Å². The van der Waals surface area contributed by atoms with Gasteiger partial charge in [-0.2, -0.15) is 0 Å². The highest BCUT2D eigenvalue weighted by atomic mass is 32.2. The van der Waals surface area contributed by atoms with Crippen molar-refractivity contribution in [2.45, 2.75) is 26.2 Å². The Morgan fingerprint density at radius 2 is 1.89 bits per heavy atom. The Balaban J connectivity index is 2.06. The van der Waals surface area contributed by atoms with Crippen molar-refractivity contribution in [3.63, 3.8) is 0 Å². The first-order valence-corrected chi connectivity index (χ1v) is 7.83. The van der Waals surface area contributed by atoms with Gasteiger partial charge in [0.1, 0.15) is 5.75 Å². The lowest BCUT2D eigenvalue weighted by Crippen LogP contribution is -2.08. The summed E-state index contributed by atoms with van der Waals surface area (Å²) in [7, 11) is -1.03. The molecule has 4 nitrogen and oxygen atoms in total. The van der Waals surface area contributed by atoms with Gasteiger partial charge in [-0.1, -0.05) is 17.7 Å². The Kier molecular flexibility index (Phi) is 7.18. The van der Waals surface area contributed by atoms with Gasteiger partial charge in [-0.25, -0.2) is 0 Å². The summed E-state index contributed by atoms with van der Waals surface area (Å²) in [4.78, 5) is 10.3. The van der Waals surface area contributed by atoms with E-state index in [0.717, 1.165) is 18.6 Å². The molecule has 1 atom stereocenters. The molecule has 0 radical (unpaired) electrons. The molecule has 1 unspecified atom stereocenters. The molecule has 19 heavy (non-hydrogen) atoms. The zero-order valence-corrected chi connectivity index (χ0v) is 11.9. The fourth-order valence-electron chi connectivity index (χ4n) is 1.49. The first-order chi connectivity index (χ1) is 9.08. The van der Waals surface area contributed by atoms with Crippen molar-refractivity contribution in [2.75, 3.05) is 18.1 Å². The number of rotatable bonds is 9. The number of aliphatic carboxylic acids is 1. The van der Waals surface area contributed by atoms with Crippen LogP contribution < -0.4 is 4.74 Å². The van der Waals surface area contributed by atoms with E-state index in [-0.39, 0.29) is 12.2 Å². The fourth-order valence-corrected chi connectivity index (χ4v) is 2.63. The lowest BCUT2D eigenvalue weighted by Gasteiger charge is -2.06. The van der Waals surface area contributed by atoms with E-state index in [2.05, 4.69) is 0 Å². The Bertz CT molecular complexity index is 414. The van der Waals surface area contributed by atoms with E-state index in [1.165, 1.54) is 5.56 Å². The van der Waals surface area contributed by atoms with Crippen molar-refractivity contribution in [1.29, 1.82) is 0 Å². The van der Waals surface area contributed by atoms with Gasteiger partial charge in [-0.15, -0.1) is 0 Å². The third-order valence-corrected chi connectivity index (χ3v) is 4.00. The highest BCUT2D eigenvalue weighted by Crippen LogP contribution is 2.11. The lowest BCUT2D eigenvalue weighted by atomic mass is 10.2. The topological polar surface area (TPSA) is 63.6 Å². The van der Waals surface area contributed by atoms with E-state index >= 15 is 0 Å². The monoisotopic (exact) mass is 284 g/mol. The van der Waals surface area contributed by atoms with Crippen LogP contribution in [0.15, 0.2) is 24.3 Å². The van der Waals surface area contributed by atoms with Crippen LogP contribution in [0.1, 0.15) is 24.8 Å². The summed E-state index contributed by atoms with van der Waals surface area (Å²) in [5.41, 5.74) is 1.20. The van der Waals surface area contributed by atoms with Crippen LogP contribution in [-0.4, -0.2) is 33.4 Å². The quantitative estimate of drug-likeness (QED) is 0.707. The van der Waals surface area contributed by atoms with Gasteiger partial charge >= 0.3 is 5.97 Å². The number of carbonyl (C=O) groups is 1. The van der Waals surface area contributed by atoms with Crippen molar-refractivity contribution < 1.29 is 18.8 Å². The summed E-state index contributed by atoms with van der Waals surface area (Å²) >= 11 is 0. The Hall–Kier alpha value is -1.36. The zero-order chi connectivity index (χ0) is 14.1. The first kappa shape index (κ1) is 15.7. The number of aryl methyl sites for hydroxylation is 1. The number of ether oxygens (including phenoxy) is 1. The maximum absolute atomic E-state index is 11.4. The van der Waals surface area contributed by atoms with Gasteiger partial charge < -0.3 is 9.84 Å². The summed E-state index contributed by atoms with van der Waals surface area (Å²) in [5.74, 6) is 0.743. The highest BCUT2D eigenvalue weighted by molar-refractivity contribution is 7.84. The number of benzene rings is 1. The normalized spacial score (nSPS) is 12.1. The van der Waals surface area contributed by atoms with Gasteiger partial charge in [-0.3, -0.25) is 9.00 Å². The predicted molar refractivity (Wildman–Crippen MR) is 76.0 cm³/mol. The fraction of sp³-hybridized carbons (Fsp3) is 0.500. The van der Waals surface area contributed by atoms with Crippen molar-refractivity contribution in [3.8, 4) is 5.75 Å². The first-order valence-electron chi connectivity index (χ1n) is 6.34. The molecule has 1 rings (SSSR count). The van der Waals surface area contributed by atoms with Crippen molar-refractivity contribution in [1.82, 2.24) is 0 Å². The average molecular weight is 284 g/mol. The highest BCUT2D eigenvalue weighted by Gasteiger charge is 2.03. The van der Waals surface area contributed by atoms with Crippen LogP contribution >= 0.6 is 0 Å². The van der Waals surface area contributed by atoms with Crippen LogP contribution in [0, 0.1) is 6.92 Å². The van der Waals surface area contributed by atoms with E-state index in [1.54, 1.807) is 0 Å². The molecule has 0 aliphatic carbocycles. The minimum atomic E-state index is -1.03. The van der Waals surface area contributed by atoms with Gasteiger partial charge in [0.15, 0.2) is 0 Å². The van der Waals surface area contributed by atoms with E-state index in [1.807, 2.05) is 31.2 Å². The van der Waals surface area contributed by atoms with Crippen molar-refractivity contribution >= 4 is 16.8 Å². The smallest absolute Gasteiger partial charge is 0.304 e. The molecule has 0 aliphatic heterocycles. The minimum absolute atomic E-state index is 0.0214. The van der Waals surface area contributed by atoms with Crippen molar-refractivity contribution in [3.05, 3.63) is 29.8 Å². The summed E-state index contributed by atoms with van der Waals surface area (Å²) in [6.45, 7) is 2.62. The van der Waals surface area contributed by atoms with Crippen LogP contribution in [0.5, 0.6) is 5.75 Å². The van der Waals surface area contributed by atoms with Gasteiger partial charge in [0.25, 0.3) is 0 Å². The molecule has 0 fully saturated rings. The molecule has 1 aromatic carbocycles. The van der Waals surface area contributed by atoms with Crippen LogP contribution in [-0.2, 0) is 15.6 Å². The molecule has 1 N–H and O–H groups in total. The van der Waals surface area contributed by atoms with Crippen LogP contribution in [0.3, 0.4) is 0 Å². The number of unbranched alkanes of at least 4 members (excludes halogenated alkanes) is 1. The van der Waals surface area contributed by atoms with Gasteiger partial charge in [0.2, 0.25) is 0 Å². The molecule has 0 bridgehead atoms. The second-order valence-electron chi connectivity index (χ2n) is 4.36. The van der Waals surface area contributed by atoms with E-state index in [0.29, 0.717) is 12.4 Å². The summed E-state index contributed by atoms with van der Waals surface area (Å²) in [5, 5.41) is 8.46. The van der Waals surface area contributed by atoms with Gasteiger partial charge in [0.05, 0.1) is 13.0 Å². The third-order valence-electron chi connectivity index (χ3n) is 2.60. The Morgan fingerprint density at radius 3 is 2.53 bits per heavy atom. The number of carboxylic acid groups (broad SMARTS) is 1. The number of hydrogen-bond acceptors (Lipinski definition) is 3. The standard InChI is InChI=1S/C14H20O4S/c1-12-4-6-13(7-5-12)18-9-2-3-10-19(17)11-8-14(15)16/h4-7H,2-3,8-11H2,1H3,(H,15,16). The maximum atomic E-state index is 11.4. The van der Waals surface area contributed by atoms with Crippen LogP contribution in [0.25, 0.3) is 0 Å². The molecule has 106 valence electrons. The molecule has 0 saturated heterocycles. The molecule has 0 aliphatic rings. The minimum Gasteiger partial charge on any atom is -0.494 e. The third kappa shape index (κ3) is 7.62. The maximum Gasteiger partial charge on any atom is 0.304 e. The Labute approximate surface area is 116 Å². The molecule has 1 aromatic rings. The average Bonchev–Trinajstić information content (AvgIpc) is 2.38. The second kappa shape index (κ2) is 8.69. The number of hydrogen-bond donors (Lipinski definition) is 1. The summed E-state index contributed by atoms with van der Waals surface area (Å²) < 4.78 is 17.0. The number of carboxylic acids is 1. The second-order valence-corrected chi connectivity index (χ2v) is 6.06. The largest absolute Gasteiger partial charge is 0.494 e. The molecule has 0 saturated carbocycles. The molecule has 0 aromatic heterocycles. The molecular weight excluding hydrogens is 264 g/mol. The van der Waals surface area contributed by atoms with Gasteiger partial charge in [-0.05, 0) is 31.9 Å². The molecule has 0 heterocycles. The lowest BCUT2D eigenvalue weighted by molar-refractivity contribution is -0.136. The summed E-state index contributed by atoms with van der Waals surface area (Å²) in [6, 6.07) is 7.85. The summed E-state index contributed by atoms with van der Waals surface area (Å²) in [6.07, 6.45) is 1.59. The van der Waals surface area contributed by atoms with Gasteiger partial charge in [0, 0.05) is 22.3 Å². The molecule has 0 amide bonds. The van der Waals surface area contributed by atoms with Crippen molar-refractivity contribution in [2.24, 2.45) is 0 Å². The molecule has 0 spiro atoms. The zero-order valence-electron chi connectivity index (χ0n) is 11.1. The van der Waals surface area contributed by atoms with E-state index in [4.69, 9.17) is 9.84 Å². The molecular formula is C14H20O4S. The molecule has 5 heteroatoms.